The van der Waals surface area contributed by atoms with E-state index in [1.165, 1.54) is 11.1 Å². The topological polar surface area (TPSA) is 116 Å². The molecule has 9 heteroatoms. The molecule has 0 radical (unpaired) electrons. The number of benzene rings is 2. The van der Waals surface area contributed by atoms with Crippen LogP contribution in [0, 0.1) is 10.1 Å². The van der Waals surface area contributed by atoms with Crippen LogP contribution >= 0.6 is 0 Å². The Balaban J connectivity index is 1.87. The van der Waals surface area contributed by atoms with Crippen molar-refractivity contribution in [3.63, 3.8) is 0 Å². The predicted octanol–water partition coefficient (Wildman–Crippen LogP) is 5.72. The molecule has 0 fully saturated rings. The number of hydrogen-bond donors (Lipinski definition) is 1. The van der Waals surface area contributed by atoms with Crippen LogP contribution in [-0.2, 0) is 25.5 Å². The fourth-order valence-electron chi connectivity index (χ4n) is 3.72. The highest BCUT2D eigenvalue weighted by atomic mass is 32.2. The van der Waals surface area contributed by atoms with Gasteiger partial charge in [0.1, 0.15) is 11.5 Å². The number of sulfone groups is 1. The highest BCUT2D eigenvalue weighted by Gasteiger charge is 2.26. The Morgan fingerprint density at radius 1 is 0.973 bits per heavy atom. The molecule has 0 aliphatic heterocycles. The van der Waals surface area contributed by atoms with E-state index < -0.39 is 26.4 Å². The number of rotatable bonds is 14. The Labute approximate surface area is 220 Å². The maximum atomic E-state index is 12.4. The average Bonchev–Trinajstić information content (AvgIpc) is 2.85. The van der Waals surface area contributed by atoms with E-state index in [1.54, 1.807) is 0 Å². The summed E-state index contributed by atoms with van der Waals surface area (Å²) in [4.78, 5) is 22.2. The van der Waals surface area contributed by atoms with Crippen molar-refractivity contribution in [1.29, 1.82) is 0 Å². The highest BCUT2D eigenvalue weighted by Crippen LogP contribution is 2.38. The van der Waals surface area contributed by atoms with Gasteiger partial charge in [0.05, 0.1) is 16.4 Å². The second kappa shape index (κ2) is 12.5. The van der Waals surface area contributed by atoms with E-state index in [2.05, 4.69) is 65.1 Å². The molecule has 2 rings (SSSR count). The molecule has 0 unspecified atom stereocenters. The van der Waals surface area contributed by atoms with Crippen LogP contribution in [0.5, 0.6) is 5.75 Å². The molecule has 0 bridgehead atoms. The zero-order valence-corrected chi connectivity index (χ0v) is 23.6. The Kier molecular flexibility index (Phi) is 10.3. The lowest BCUT2D eigenvalue weighted by molar-refractivity contribution is -0.384. The van der Waals surface area contributed by atoms with Gasteiger partial charge in [-0.1, -0.05) is 53.7 Å². The SMILES string of the molecule is CCC(C)(C)c1ccc(OCCCCNC(=O)CS(=O)(=O)c2ccc([N+](=O)[O-])cc2)c(C(C)(C)CC)c1. The molecule has 0 saturated carbocycles. The number of non-ortho nitro benzene ring substituents is 1. The summed E-state index contributed by atoms with van der Waals surface area (Å²) >= 11 is 0. The van der Waals surface area contributed by atoms with E-state index in [0.29, 0.717) is 26.0 Å². The van der Waals surface area contributed by atoms with Crippen LogP contribution in [0.3, 0.4) is 0 Å². The monoisotopic (exact) mass is 532 g/mol. The van der Waals surface area contributed by atoms with Crippen molar-refractivity contribution >= 4 is 21.4 Å². The van der Waals surface area contributed by atoms with Gasteiger partial charge in [0.2, 0.25) is 5.91 Å². The smallest absolute Gasteiger partial charge is 0.269 e. The van der Waals surface area contributed by atoms with Crippen LogP contribution < -0.4 is 10.1 Å². The van der Waals surface area contributed by atoms with Crippen LogP contribution in [0.4, 0.5) is 5.69 Å². The van der Waals surface area contributed by atoms with Gasteiger partial charge >= 0.3 is 0 Å². The second-order valence-corrected chi connectivity index (χ2v) is 12.6. The zero-order valence-electron chi connectivity index (χ0n) is 22.8. The number of amides is 1. The Morgan fingerprint density at radius 2 is 1.59 bits per heavy atom. The van der Waals surface area contributed by atoms with E-state index in [-0.39, 0.29) is 21.4 Å². The minimum Gasteiger partial charge on any atom is -0.493 e. The molecule has 2 aromatic rings. The van der Waals surface area contributed by atoms with Gasteiger partial charge < -0.3 is 10.1 Å². The van der Waals surface area contributed by atoms with Crippen LogP contribution in [0.1, 0.15) is 78.4 Å². The minimum absolute atomic E-state index is 0.0295. The van der Waals surface area contributed by atoms with Crippen molar-refractivity contribution in [2.75, 3.05) is 18.9 Å². The summed E-state index contributed by atoms with van der Waals surface area (Å²) in [6.07, 6.45) is 3.36. The average molecular weight is 533 g/mol. The molecule has 1 N–H and O–H groups in total. The summed E-state index contributed by atoms with van der Waals surface area (Å²) in [6.45, 7) is 14.1. The number of carbonyl (C=O) groups excluding carboxylic acids is 1. The Morgan fingerprint density at radius 3 is 2.16 bits per heavy atom. The molecule has 0 aromatic heterocycles. The molecule has 0 aliphatic rings. The van der Waals surface area contributed by atoms with E-state index in [1.807, 2.05) is 0 Å². The molecular formula is C28H40N2O6S. The molecule has 0 heterocycles. The number of unbranched alkanes of at least 4 members (excludes halogenated alkanes) is 1. The van der Waals surface area contributed by atoms with Crippen LogP contribution in [0.2, 0.25) is 0 Å². The van der Waals surface area contributed by atoms with Crippen LogP contribution in [-0.4, -0.2) is 38.2 Å². The first kappa shape index (κ1) is 30.3. The molecule has 204 valence electrons. The number of nitrogens with one attached hydrogen (secondary N) is 1. The lowest BCUT2D eigenvalue weighted by Crippen LogP contribution is -2.31. The van der Waals surface area contributed by atoms with Crippen LogP contribution in [0.15, 0.2) is 47.4 Å². The van der Waals surface area contributed by atoms with Crippen LogP contribution in [0.25, 0.3) is 0 Å². The van der Waals surface area contributed by atoms with E-state index in [0.717, 1.165) is 42.9 Å². The Hall–Kier alpha value is -2.94. The summed E-state index contributed by atoms with van der Waals surface area (Å²) in [5.41, 5.74) is 2.33. The second-order valence-electron chi connectivity index (χ2n) is 10.6. The lowest BCUT2D eigenvalue weighted by Gasteiger charge is -2.30. The number of ether oxygens (including phenoxy) is 1. The molecule has 37 heavy (non-hydrogen) atoms. The third-order valence-electron chi connectivity index (χ3n) is 7.14. The molecule has 2 aromatic carbocycles. The van der Waals surface area contributed by atoms with Gasteiger partial charge in [-0.2, -0.15) is 0 Å². The number of hydrogen-bond acceptors (Lipinski definition) is 6. The van der Waals surface area contributed by atoms with Crippen molar-refractivity contribution in [3.8, 4) is 5.75 Å². The van der Waals surface area contributed by atoms with Crippen molar-refractivity contribution in [3.05, 3.63) is 63.7 Å². The zero-order chi connectivity index (χ0) is 27.9. The van der Waals surface area contributed by atoms with Gasteiger partial charge in [-0.25, -0.2) is 8.42 Å². The van der Waals surface area contributed by atoms with Crippen molar-refractivity contribution in [2.24, 2.45) is 0 Å². The number of carbonyl (C=O) groups is 1. The molecule has 0 atom stereocenters. The normalized spacial score (nSPS) is 12.3. The summed E-state index contributed by atoms with van der Waals surface area (Å²) in [5.74, 6) is -0.446. The molecular weight excluding hydrogens is 492 g/mol. The highest BCUT2D eigenvalue weighted by molar-refractivity contribution is 7.92. The maximum absolute atomic E-state index is 12.4. The number of nitrogens with zero attached hydrogens (tertiary/aromatic N) is 1. The molecule has 0 aliphatic carbocycles. The summed E-state index contributed by atoms with van der Waals surface area (Å²) in [5, 5.41) is 13.4. The first-order valence-electron chi connectivity index (χ1n) is 12.7. The van der Waals surface area contributed by atoms with Gasteiger partial charge in [0.15, 0.2) is 9.84 Å². The van der Waals surface area contributed by atoms with E-state index >= 15 is 0 Å². The summed E-state index contributed by atoms with van der Waals surface area (Å²) in [6, 6.07) is 11.0. The third-order valence-corrected chi connectivity index (χ3v) is 8.77. The largest absolute Gasteiger partial charge is 0.493 e. The standard InChI is InChI=1S/C28H40N2O6S/c1-7-27(3,4)21-11-16-25(24(19-21)28(5,6)8-2)36-18-10-9-17-29-26(31)20-37(34,35)23-14-12-22(13-15-23)30(32)33/h11-16,19H,7-10,17-18,20H2,1-6H3,(H,29,31). The molecule has 8 nitrogen and oxygen atoms in total. The molecule has 0 spiro atoms. The van der Waals surface area contributed by atoms with Gasteiger partial charge in [-0.05, 0) is 60.3 Å². The summed E-state index contributed by atoms with van der Waals surface area (Å²) < 4.78 is 31.0. The molecule has 1 amide bonds. The number of nitro benzene ring substituents is 1. The Bertz CT molecular complexity index is 1190. The van der Waals surface area contributed by atoms with Crippen molar-refractivity contribution in [2.45, 2.75) is 83.0 Å². The summed E-state index contributed by atoms with van der Waals surface area (Å²) in [7, 11) is -3.88. The van der Waals surface area contributed by atoms with Gasteiger partial charge in [0, 0.05) is 24.2 Å². The first-order valence-corrected chi connectivity index (χ1v) is 14.4. The number of nitro groups is 1. The van der Waals surface area contributed by atoms with Gasteiger partial charge in [0.25, 0.3) is 5.69 Å². The minimum atomic E-state index is -3.88. The van der Waals surface area contributed by atoms with E-state index in [4.69, 9.17) is 4.74 Å². The fraction of sp³-hybridized carbons (Fsp3) is 0.536. The quantitative estimate of drug-likeness (QED) is 0.189. The van der Waals surface area contributed by atoms with Crippen molar-refractivity contribution < 1.29 is 22.9 Å². The maximum Gasteiger partial charge on any atom is 0.269 e. The third kappa shape index (κ3) is 8.28. The lowest BCUT2D eigenvalue weighted by atomic mass is 9.76. The van der Waals surface area contributed by atoms with Gasteiger partial charge in [-0.15, -0.1) is 0 Å². The van der Waals surface area contributed by atoms with Crippen molar-refractivity contribution in [1.82, 2.24) is 5.32 Å². The predicted molar refractivity (Wildman–Crippen MR) is 146 cm³/mol. The first-order chi connectivity index (χ1) is 17.2. The van der Waals surface area contributed by atoms with Gasteiger partial charge in [-0.3, -0.25) is 14.9 Å². The fourth-order valence-corrected chi connectivity index (χ4v) is 4.88. The molecule has 0 saturated heterocycles. The van der Waals surface area contributed by atoms with E-state index in [9.17, 15) is 23.3 Å².